The normalized spacial score (nSPS) is 13.3. The third-order valence-corrected chi connectivity index (χ3v) is 4.96. The predicted octanol–water partition coefficient (Wildman–Crippen LogP) is 3.95. The summed E-state index contributed by atoms with van der Waals surface area (Å²) in [6.45, 7) is 10.6. The minimum atomic E-state index is -0.168. The Labute approximate surface area is 150 Å². The molecule has 25 heavy (non-hydrogen) atoms. The first-order chi connectivity index (χ1) is 11.8. The molecule has 132 valence electrons. The molecule has 0 N–H and O–H groups in total. The summed E-state index contributed by atoms with van der Waals surface area (Å²) in [7, 11) is 0. The number of rotatable bonds is 4. The van der Waals surface area contributed by atoms with E-state index in [-0.39, 0.29) is 16.2 Å². The Kier molecular flexibility index (Phi) is 4.69. The van der Waals surface area contributed by atoms with Crippen molar-refractivity contribution in [2.75, 3.05) is 0 Å². The van der Waals surface area contributed by atoms with Crippen LogP contribution in [0.2, 0.25) is 0 Å². The highest BCUT2D eigenvalue weighted by molar-refractivity contribution is 7.99. The number of hydrogen-bond donors (Lipinski definition) is 0. The third-order valence-electron chi connectivity index (χ3n) is 3.89. The number of nitrogens with zero attached hydrogens (tertiary/aromatic N) is 4. The van der Waals surface area contributed by atoms with Crippen LogP contribution in [0.15, 0.2) is 38.7 Å². The van der Waals surface area contributed by atoms with E-state index in [4.69, 9.17) is 4.52 Å². The maximum Gasteiger partial charge on any atom is 0.262 e. The van der Waals surface area contributed by atoms with Gasteiger partial charge in [-0.05, 0) is 26.0 Å². The summed E-state index contributed by atoms with van der Waals surface area (Å²) >= 11 is 1.46. The molecule has 3 aromatic rings. The van der Waals surface area contributed by atoms with Crippen molar-refractivity contribution in [3.8, 4) is 0 Å². The zero-order chi connectivity index (χ0) is 18.2. The molecule has 0 aliphatic heterocycles. The van der Waals surface area contributed by atoms with Gasteiger partial charge in [0.15, 0.2) is 11.0 Å². The second-order valence-electron chi connectivity index (χ2n) is 6.93. The number of para-hydroxylation sites is 1. The molecular weight excluding hydrogens is 336 g/mol. The first kappa shape index (κ1) is 17.7. The highest BCUT2D eigenvalue weighted by Crippen LogP contribution is 2.34. The Balaban J connectivity index is 1.97. The van der Waals surface area contributed by atoms with Crippen LogP contribution in [-0.2, 0) is 12.0 Å². The van der Waals surface area contributed by atoms with Crippen molar-refractivity contribution in [1.82, 2.24) is 19.7 Å². The molecule has 0 amide bonds. The zero-order valence-electron chi connectivity index (χ0n) is 15.1. The van der Waals surface area contributed by atoms with Crippen LogP contribution < -0.4 is 5.56 Å². The Morgan fingerprint density at radius 1 is 1.24 bits per heavy atom. The molecule has 2 aromatic heterocycles. The highest BCUT2D eigenvalue weighted by atomic mass is 32.2. The molecule has 0 spiro atoms. The second-order valence-corrected chi connectivity index (χ2v) is 8.24. The molecule has 7 heteroatoms. The van der Waals surface area contributed by atoms with Crippen LogP contribution in [0.5, 0.6) is 0 Å². The average molecular weight is 358 g/mol. The molecule has 0 saturated carbocycles. The molecular formula is C18H22N4O2S. The van der Waals surface area contributed by atoms with Gasteiger partial charge in [0.1, 0.15) is 0 Å². The Bertz CT molecular complexity index is 956. The van der Waals surface area contributed by atoms with Crippen LogP contribution >= 0.6 is 11.8 Å². The molecule has 0 radical (unpaired) electrons. The topological polar surface area (TPSA) is 73.8 Å². The fraction of sp³-hybridized carbons (Fsp3) is 0.444. The van der Waals surface area contributed by atoms with E-state index in [0.29, 0.717) is 34.3 Å². The first-order valence-electron chi connectivity index (χ1n) is 8.31. The van der Waals surface area contributed by atoms with Crippen molar-refractivity contribution in [3.05, 3.63) is 46.3 Å². The molecule has 3 rings (SSSR count). The standard InChI is InChI=1S/C18H22N4O2S/c1-6-22-15(23)12-9-7-8-10-13(12)19-17(22)25-11(2)14-20-16(21-24-14)18(3,4)5/h7-11H,6H2,1-5H3/t11-/m1/s1. The monoisotopic (exact) mass is 358 g/mol. The lowest BCUT2D eigenvalue weighted by Gasteiger charge is -2.13. The SMILES string of the molecule is CCn1c(S[C@H](C)c2nc(C(C)(C)C)no2)nc2ccccc2c1=O. The first-order valence-corrected chi connectivity index (χ1v) is 9.19. The van der Waals surface area contributed by atoms with Crippen LogP contribution in [0, 0.1) is 0 Å². The number of fused-ring (bicyclic) bond motifs is 1. The molecule has 0 unspecified atom stereocenters. The van der Waals surface area contributed by atoms with Gasteiger partial charge in [0.05, 0.1) is 16.2 Å². The summed E-state index contributed by atoms with van der Waals surface area (Å²) in [5, 5.41) is 5.26. The van der Waals surface area contributed by atoms with E-state index in [9.17, 15) is 4.79 Å². The lowest BCUT2D eigenvalue weighted by atomic mass is 9.96. The van der Waals surface area contributed by atoms with E-state index in [0.717, 1.165) is 0 Å². The molecule has 0 fully saturated rings. The van der Waals surface area contributed by atoms with E-state index in [1.165, 1.54) is 11.8 Å². The molecule has 1 aromatic carbocycles. The Morgan fingerprint density at radius 3 is 2.60 bits per heavy atom. The fourth-order valence-corrected chi connectivity index (χ4v) is 3.43. The Hall–Kier alpha value is -2.15. The van der Waals surface area contributed by atoms with E-state index in [2.05, 4.69) is 15.1 Å². The molecule has 0 aliphatic carbocycles. The largest absolute Gasteiger partial charge is 0.338 e. The van der Waals surface area contributed by atoms with Crippen LogP contribution in [0.1, 0.15) is 51.6 Å². The summed E-state index contributed by atoms with van der Waals surface area (Å²) in [5.74, 6) is 1.22. The van der Waals surface area contributed by atoms with Crippen LogP contribution in [-0.4, -0.2) is 19.7 Å². The molecule has 6 nitrogen and oxygen atoms in total. The maximum atomic E-state index is 12.7. The van der Waals surface area contributed by atoms with E-state index < -0.39 is 0 Å². The third kappa shape index (κ3) is 3.46. The summed E-state index contributed by atoms with van der Waals surface area (Å²) in [4.78, 5) is 21.9. The van der Waals surface area contributed by atoms with Crippen molar-refractivity contribution < 1.29 is 4.52 Å². The number of aromatic nitrogens is 4. The van der Waals surface area contributed by atoms with Crippen molar-refractivity contribution >= 4 is 22.7 Å². The minimum absolute atomic E-state index is 0.0243. The number of thioether (sulfide) groups is 1. The molecule has 0 saturated heterocycles. The van der Waals surface area contributed by atoms with Gasteiger partial charge in [-0.15, -0.1) is 0 Å². The van der Waals surface area contributed by atoms with Gasteiger partial charge in [-0.2, -0.15) is 4.98 Å². The van der Waals surface area contributed by atoms with Gasteiger partial charge < -0.3 is 4.52 Å². The summed E-state index contributed by atoms with van der Waals surface area (Å²) in [6, 6.07) is 7.40. The summed E-state index contributed by atoms with van der Waals surface area (Å²) < 4.78 is 7.10. The minimum Gasteiger partial charge on any atom is -0.338 e. The van der Waals surface area contributed by atoms with Gasteiger partial charge in [-0.3, -0.25) is 9.36 Å². The smallest absolute Gasteiger partial charge is 0.262 e. The van der Waals surface area contributed by atoms with Gasteiger partial charge in [0.2, 0.25) is 5.89 Å². The predicted molar refractivity (Wildman–Crippen MR) is 98.9 cm³/mol. The maximum absolute atomic E-state index is 12.7. The highest BCUT2D eigenvalue weighted by Gasteiger charge is 2.24. The summed E-state index contributed by atoms with van der Waals surface area (Å²) in [5.41, 5.74) is 0.510. The van der Waals surface area contributed by atoms with Crippen molar-refractivity contribution in [1.29, 1.82) is 0 Å². The lowest BCUT2D eigenvalue weighted by molar-refractivity contribution is 0.364. The van der Waals surface area contributed by atoms with Crippen LogP contribution in [0.25, 0.3) is 10.9 Å². The van der Waals surface area contributed by atoms with Gasteiger partial charge in [-0.25, -0.2) is 4.98 Å². The van der Waals surface area contributed by atoms with Gasteiger partial charge >= 0.3 is 0 Å². The van der Waals surface area contributed by atoms with Gasteiger partial charge in [0, 0.05) is 12.0 Å². The number of hydrogen-bond acceptors (Lipinski definition) is 6. The van der Waals surface area contributed by atoms with Crippen LogP contribution in [0.4, 0.5) is 0 Å². The van der Waals surface area contributed by atoms with Gasteiger partial charge in [0.25, 0.3) is 5.56 Å². The van der Waals surface area contributed by atoms with Gasteiger partial charge in [-0.1, -0.05) is 49.8 Å². The zero-order valence-corrected chi connectivity index (χ0v) is 15.9. The quantitative estimate of drug-likeness (QED) is 0.519. The summed E-state index contributed by atoms with van der Waals surface area (Å²) in [6.07, 6.45) is 0. The second kappa shape index (κ2) is 6.63. The molecule has 2 heterocycles. The number of benzene rings is 1. The fourth-order valence-electron chi connectivity index (χ4n) is 2.43. The van der Waals surface area contributed by atoms with E-state index >= 15 is 0 Å². The van der Waals surface area contributed by atoms with E-state index in [1.807, 2.05) is 58.9 Å². The lowest BCUT2D eigenvalue weighted by Crippen LogP contribution is -2.22. The molecule has 1 atom stereocenters. The Morgan fingerprint density at radius 2 is 1.96 bits per heavy atom. The van der Waals surface area contributed by atoms with Crippen molar-refractivity contribution in [2.45, 2.75) is 57.0 Å². The molecule has 0 aliphatic rings. The van der Waals surface area contributed by atoms with Crippen LogP contribution in [0.3, 0.4) is 0 Å². The van der Waals surface area contributed by atoms with Crippen molar-refractivity contribution in [2.24, 2.45) is 0 Å². The molecule has 0 bridgehead atoms. The van der Waals surface area contributed by atoms with E-state index in [1.54, 1.807) is 4.57 Å². The average Bonchev–Trinajstić information content (AvgIpc) is 3.06. The van der Waals surface area contributed by atoms with Crippen molar-refractivity contribution in [3.63, 3.8) is 0 Å².